The van der Waals surface area contributed by atoms with E-state index in [1.54, 1.807) is 0 Å². The molecule has 1 unspecified atom stereocenters. The minimum absolute atomic E-state index is 0.130. The van der Waals surface area contributed by atoms with E-state index in [0.717, 1.165) is 16.8 Å². The second-order valence-corrected chi connectivity index (χ2v) is 5.05. The Morgan fingerprint density at radius 2 is 1.95 bits per heavy atom. The molecule has 2 rings (SSSR count). The lowest BCUT2D eigenvalue weighted by molar-refractivity contribution is -0.132. The van der Waals surface area contributed by atoms with Gasteiger partial charge in [-0.25, -0.2) is 0 Å². The van der Waals surface area contributed by atoms with Gasteiger partial charge < -0.3 is 4.74 Å². The zero-order valence-corrected chi connectivity index (χ0v) is 11.7. The van der Waals surface area contributed by atoms with Gasteiger partial charge in [-0.1, -0.05) is 18.2 Å². The maximum atomic E-state index is 12.1. The molecule has 19 heavy (non-hydrogen) atoms. The molecular weight excluding hydrogens is 266 g/mol. The van der Waals surface area contributed by atoms with Crippen LogP contribution in [0.4, 0.5) is 5.69 Å². The Morgan fingerprint density at radius 3 is 2.42 bits per heavy atom. The van der Waals surface area contributed by atoms with Gasteiger partial charge in [-0.2, -0.15) is 0 Å². The van der Waals surface area contributed by atoms with E-state index in [4.69, 9.17) is 16.3 Å². The molecule has 0 radical (unpaired) electrons. The predicted octanol–water partition coefficient (Wildman–Crippen LogP) is 2.19. The van der Waals surface area contributed by atoms with Crippen LogP contribution >= 0.6 is 11.6 Å². The molecule has 1 atom stereocenters. The summed E-state index contributed by atoms with van der Waals surface area (Å²) in [5, 5.41) is -0.963. The number of nitrogens with zero attached hydrogens (tertiary/aromatic N) is 1. The van der Waals surface area contributed by atoms with Crippen molar-refractivity contribution in [2.75, 3.05) is 18.1 Å². The van der Waals surface area contributed by atoms with Crippen LogP contribution in [0.2, 0.25) is 0 Å². The average Bonchev–Trinajstić information content (AvgIpc) is 2.86. The van der Waals surface area contributed by atoms with Gasteiger partial charge in [0.25, 0.3) is 0 Å². The van der Waals surface area contributed by atoms with Gasteiger partial charge in [0, 0.05) is 6.61 Å². The van der Waals surface area contributed by atoms with Crippen LogP contribution in [-0.4, -0.2) is 30.4 Å². The highest BCUT2D eigenvalue weighted by Crippen LogP contribution is 2.29. The molecule has 0 spiro atoms. The third kappa shape index (κ3) is 2.80. The van der Waals surface area contributed by atoms with E-state index in [0.29, 0.717) is 19.6 Å². The van der Waals surface area contributed by atoms with Gasteiger partial charge in [0.2, 0.25) is 0 Å². The molecule has 1 saturated heterocycles. The Morgan fingerprint density at radius 1 is 1.32 bits per heavy atom. The molecule has 1 aromatic rings. The first-order valence-electron chi connectivity index (χ1n) is 6.19. The highest BCUT2D eigenvalue weighted by atomic mass is 35.5. The van der Waals surface area contributed by atoms with Crippen LogP contribution in [-0.2, 0) is 14.3 Å². The molecule has 1 aliphatic rings. The highest BCUT2D eigenvalue weighted by Gasteiger charge is 2.33. The van der Waals surface area contributed by atoms with E-state index >= 15 is 0 Å². The van der Waals surface area contributed by atoms with Crippen molar-refractivity contribution >= 4 is 28.4 Å². The fourth-order valence-electron chi connectivity index (χ4n) is 2.46. The molecule has 0 bridgehead atoms. The summed E-state index contributed by atoms with van der Waals surface area (Å²) in [6.07, 6.45) is 0.712. The summed E-state index contributed by atoms with van der Waals surface area (Å²) >= 11 is 5.39. The zero-order chi connectivity index (χ0) is 14.0. The third-order valence-corrected chi connectivity index (χ3v) is 3.50. The normalized spacial score (nSPS) is 18.4. The maximum Gasteiger partial charge on any atom is 0.311 e. The van der Waals surface area contributed by atoms with E-state index in [1.807, 2.05) is 32.0 Å². The van der Waals surface area contributed by atoms with Crippen molar-refractivity contribution < 1.29 is 14.3 Å². The number of benzene rings is 1. The first-order chi connectivity index (χ1) is 9.02. The monoisotopic (exact) mass is 281 g/mol. The number of para-hydroxylation sites is 1. The smallest absolute Gasteiger partial charge is 0.311 e. The number of rotatable bonds is 3. The number of anilines is 1. The number of aryl methyl sites for hydroxylation is 2. The predicted molar refractivity (Wildman–Crippen MR) is 73.5 cm³/mol. The van der Waals surface area contributed by atoms with Gasteiger partial charge in [0.15, 0.2) is 0 Å². The van der Waals surface area contributed by atoms with Gasteiger partial charge in [-0.3, -0.25) is 14.5 Å². The first kappa shape index (κ1) is 14.0. The molecule has 1 aliphatic heterocycles. The summed E-state index contributed by atoms with van der Waals surface area (Å²) in [6, 6.07) is 5.62. The molecule has 1 heterocycles. The van der Waals surface area contributed by atoms with Gasteiger partial charge in [0.1, 0.15) is 0 Å². The van der Waals surface area contributed by atoms with Gasteiger partial charge in [-0.15, -0.1) is 0 Å². The molecule has 1 aromatic carbocycles. The lowest BCUT2D eigenvalue weighted by Gasteiger charge is -2.29. The summed E-state index contributed by atoms with van der Waals surface area (Å²) in [6.45, 7) is 4.85. The maximum absolute atomic E-state index is 12.1. The Kier molecular flexibility index (Phi) is 4.22. The molecule has 1 amide bonds. The van der Waals surface area contributed by atoms with E-state index < -0.39 is 11.1 Å². The number of amides is 1. The highest BCUT2D eigenvalue weighted by molar-refractivity contribution is 6.82. The second-order valence-electron chi connectivity index (χ2n) is 4.71. The summed E-state index contributed by atoms with van der Waals surface area (Å²) in [5.74, 6) is -0.686. The van der Waals surface area contributed by atoms with Crippen LogP contribution in [0.15, 0.2) is 18.2 Å². The van der Waals surface area contributed by atoms with Crippen molar-refractivity contribution in [3.05, 3.63) is 29.3 Å². The third-order valence-electron chi connectivity index (χ3n) is 3.34. The van der Waals surface area contributed by atoms with Crippen molar-refractivity contribution in [2.24, 2.45) is 0 Å². The van der Waals surface area contributed by atoms with Gasteiger partial charge in [0.05, 0.1) is 18.3 Å². The zero-order valence-electron chi connectivity index (χ0n) is 11.0. The molecule has 5 heteroatoms. The minimum Gasteiger partial charge on any atom is -0.379 e. The van der Waals surface area contributed by atoms with Crippen molar-refractivity contribution in [1.29, 1.82) is 0 Å². The number of halogens is 1. The second kappa shape index (κ2) is 5.72. The molecule has 0 N–H and O–H groups in total. The SMILES string of the molecule is Cc1cccc(C)c1N(C(=O)C(=O)Cl)C1CCOC1. The van der Waals surface area contributed by atoms with Crippen molar-refractivity contribution in [3.8, 4) is 0 Å². The van der Waals surface area contributed by atoms with Crippen LogP contribution in [0.5, 0.6) is 0 Å². The van der Waals surface area contributed by atoms with Crippen LogP contribution in [0.3, 0.4) is 0 Å². The van der Waals surface area contributed by atoms with Crippen LogP contribution in [0.25, 0.3) is 0 Å². The van der Waals surface area contributed by atoms with E-state index in [1.165, 1.54) is 4.90 Å². The molecule has 0 aliphatic carbocycles. The van der Waals surface area contributed by atoms with E-state index in [2.05, 4.69) is 0 Å². The van der Waals surface area contributed by atoms with Gasteiger partial charge in [-0.05, 0) is 43.0 Å². The summed E-state index contributed by atoms with van der Waals surface area (Å²) in [7, 11) is 0. The van der Waals surface area contributed by atoms with Crippen LogP contribution in [0.1, 0.15) is 17.5 Å². The van der Waals surface area contributed by atoms with Gasteiger partial charge >= 0.3 is 11.1 Å². The van der Waals surface area contributed by atoms with Crippen LogP contribution < -0.4 is 4.90 Å². The summed E-state index contributed by atoms with van der Waals surface area (Å²) in [4.78, 5) is 24.9. The lowest BCUT2D eigenvalue weighted by Crippen LogP contribution is -2.44. The Hall–Kier alpha value is -1.39. The molecule has 0 saturated carbocycles. The summed E-state index contributed by atoms with van der Waals surface area (Å²) < 4.78 is 5.32. The molecular formula is C14H16ClNO3. The first-order valence-corrected chi connectivity index (χ1v) is 6.57. The largest absolute Gasteiger partial charge is 0.379 e. The Balaban J connectivity index is 2.47. The molecule has 4 nitrogen and oxygen atoms in total. The molecule has 1 fully saturated rings. The van der Waals surface area contributed by atoms with Crippen molar-refractivity contribution in [3.63, 3.8) is 0 Å². The summed E-state index contributed by atoms with van der Waals surface area (Å²) in [5.41, 5.74) is 2.65. The lowest BCUT2D eigenvalue weighted by atomic mass is 10.1. The standard InChI is InChI=1S/C14H16ClNO3/c1-9-4-3-5-10(2)12(9)16(14(18)13(15)17)11-6-7-19-8-11/h3-5,11H,6-8H2,1-2H3. The Labute approximate surface area is 117 Å². The van der Waals surface area contributed by atoms with Crippen molar-refractivity contribution in [2.45, 2.75) is 26.3 Å². The minimum atomic E-state index is -0.963. The van der Waals surface area contributed by atoms with E-state index in [9.17, 15) is 9.59 Å². The molecule has 0 aromatic heterocycles. The fraction of sp³-hybridized carbons (Fsp3) is 0.429. The van der Waals surface area contributed by atoms with Crippen molar-refractivity contribution in [1.82, 2.24) is 0 Å². The number of carbonyl (C=O) groups is 2. The van der Waals surface area contributed by atoms with Crippen LogP contribution in [0, 0.1) is 13.8 Å². The average molecular weight is 282 g/mol. The quantitative estimate of drug-likeness (QED) is 0.630. The number of ether oxygens (including phenoxy) is 1. The molecule has 102 valence electrons. The number of hydrogen-bond acceptors (Lipinski definition) is 3. The topological polar surface area (TPSA) is 46.6 Å². The Bertz CT molecular complexity index is 489. The fourth-order valence-corrected chi connectivity index (χ4v) is 2.55. The van der Waals surface area contributed by atoms with E-state index in [-0.39, 0.29) is 6.04 Å². The number of carbonyl (C=O) groups excluding carboxylic acids is 2. The number of hydrogen-bond donors (Lipinski definition) is 0.